The van der Waals surface area contributed by atoms with Crippen molar-refractivity contribution < 1.29 is 13.2 Å². The third-order valence-electron chi connectivity index (χ3n) is 3.68. The maximum Gasteiger partial charge on any atom is 0.445 e. The van der Waals surface area contributed by atoms with Crippen molar-refractivity contribution in [3.63, 3.8) is 0 Å². The van der Waals surface area contributed by atoms with Crippen molar-refractivity contribution in [2.45, 2.75) is 45.3 Å². The Morgan fingerprint density at radius 1 is 1.22 bits per heavy atom. The van der Waals surface area contributed by atoms with Gasteiger partial charge in [0.15, 0.2) is 0 Å². The van der Waals surface area contributed by atoms with E-state index in [-0.39, 0.29) is 11.2 Å². The van der Waals surface area contributed by atoms with Gasteiger partial charge in [0.25, 0.3) is 0 Å². The predicted molar refractivity (Wildman–Crippen MR) is 64.5 cm³/mol. The molecule has 3 atom stereocenters. The molecule has 0 bridgehead atoms. The van der Waals surface area contributed by atoms with Gasteiger partial charge in [-0.25, -0.2) is 0 Å². The van der Waals surface area contributed by atoms with Crippen LogP contribution < -0.4 is 5.32 Å². The SMILES string of the molecule is CC1CCCC(Nc2nnc(C(F)(F)F)s2)C1C. The minimum atomic E-state index is -4.40. The van der Waals surface area contributed by atoms with E-state index in [9.17, 15) is 13.2 Å². The van der Waals surface area contributed by atoms with E-state index in [0.717, 1.165) is 12.8 Å². The Kier molecular flexibility index (Phi) is 3.79. The Morgan fingerprint density at radius 2 is 1.94 bits per heavy atom. The van der Waals surface area contributed by atoms with Crippen LogP contribution in [-0.4, -0.2) is 16.2 Å². The van der Waals surface area contributed by atoms with Crippen LogP contribution in [0.25, 0.3) is 0 Å². The Balaban J connectivity index is 2.03. The summed E-state index contributed by atoms with van der Waals surface area (Å²) in [6.45, 7) is 4.31. The number of alkyl halides is 3. The molecule has 1 aliphatic rings. The summed E-state index contributed by atoms with van der Waals surface area (Å²) in [6, 6.07) is 0.197. The quantitative estimate of drug-likeness (QED) is 0.895. The van der Waals surface area contributed by atoms with Crippen molar-refractivity contribution in [3.05, 3.63) is 5.01 Å². The Labute approximate surface area is 108 Å². The van der Waals surface area contributed by atoms with E-state index < -0.39 is 11.2 Å². The molecule has 0 aromatic carbocycles. The van der Waals surface area contributed by atoms with Crippen LogP contribution in [0.5, 0.6) is 0 Å². The minimum absolute atomic E-state index is 0.197. The summed E-state index contributed by atoms with van der Waals surface area (Å²) >= 11 is 0.578. The van der Waals surface area contributed by atoms with Crippen molar-refractivity contribution >= 4 is 16.5 Å². The average molecular weight is 279 g/mol. The van der Waals surface area contributed by atoms with Crippen LogP contribution in [0.3, 0.4) is 0 Å². The van der Waals surface area contributed by atoms with Crippen molar-refractivity contribution in [2.75, 3.05) is 5.32 Å². The Hall–Kier alpha value is -0.850. The molecule has 3 nitrogen and oxygen atoms in total. The smallest absolute Gasteiger partial charge is 0.357 e. The molecule has 1 aromatic rings. The maximum absolute atomic E-state index is 12.4. The van der Waals surface area contributed by atoms with Crippen LogP contribution in [0.2, 0.25) is 0 Å². The number of hydrogen-bond acceptors (Lipinski definition) is 4. The lowest BCUT2D eigenvalue weighted by Gasteiger charge is -2.34. The number of halogens is 3. The summed E-state index contributed by atoms with van der Waals surface area (Å²) in [5, 5.41) is 9.23. The highest BCUT2D eigenvalue weighted by atomic mass is 32.1. The van der Waals surface area contributed by atoms with Gasteiger partial charge in [0, 0.05) is 6.04 Å². The van der Waals surface area contributed by atoms with Gasteiger partial charge in [0.1, 0.15) is 0 Å². The average Bonchev–Trinajstić information content (AvgIpc) is 2.73. The monoisotopic (exact) mass is 279 g/mol. The zero-order valence-electron chi connectivity index (χ0n) is 10.3. The Morgan fingerprint density at radius 3 is 2.56 bits per heavy atom. The van der Waals surface area contributed by atoms with Crippen LogP contribution in [-0.2, 0) is 6.18 Å². The lowest BCUT2D eigenvalue weighted by atomic mass is 9.78. The normalized spacial score (nSPS) is 29.3. The molecular weight excluding hydrogens is 263 g/mol. The second kappa shape index (κ2) is 5.03. The van der Waals surface area contributed by atoms with Gasteiger partial charge in [-0.2, -0.15) is 13.2 Å². The summed E-state index contributed by atoms with van der Waals surface area (Å²) in [5.41, 5.74) is 0. The third kappa shape index (κ3) is 2.93. The highest BCUT2D eigenvalue weighted by Crippen LogP contribution is 2.35. The van der Waals surface area contributed by atoms with Crippen LogP contribution in [0.4, 0.5) is 18.3 Å². The highest BCUT2D eigenvalue weighted by Gasteiger charge is 2.36. The number of nitrogens with zero attached hydrogens (tertiary/aromatic N) is 2. The van der Waals surface area contributed by atoms with Gasteiger partial charge in [-0.1, -0.05) is 38.0 Å². The zero-order chi connectivity index (χ0) is 13.3. The molecule has 1 heterocycles. The molecule has 0 aliphatic heterocycles. The fourth-order valence-electron chi connectivity index (χ4n) is 2.34. The maximum atomic E-state index is 12.4. The van der Waals surface area contributed by atoms with E-state index in [1.807, 2.05) is 0 Å². The molecule has 18 heavy (non-hydrogen) atoms. The van der Waals surface area contributed by atoms with E-state index in [4.69, 9.17) is 0 Å². The summed E-state index contributed by atoms with van der Waals surface area (Å²) in [6.07, 6.45) is -1.13. The molecule has 3 unspecified atom stereocenters. The molecular formula is C11H16F3N3S. The molecule has 1 saturated carbocycles. The molecule has 102 valence electrons. The molecule has 0 saturated heterocycles. The summed E-state index contributed by atoms with van der Waals surface area (Å²) in [5.74, 6) is 1.03. The fourth-order valence-corrected chi connectivity index (χ4v) is 3.01. The highest BCUT2D eigenvalue weighted by molar-refractivity contribution is 7.15. The minimum Gasteiger partial charge on any atom is -0.357 e. The summed E-state index contributed by atoms with van der Waals surface area (Å²) in [4.78, 5) is 0. The largest absolute Gasteiger partial charge is 0.445 e. The van der Waals surface area contributed by atoms with Gasteiger partial charge >= 0.3 is 6.18 Å². The molecule has 0 spiro atoms. The fraction of sp³-hybridized carbons (Fsp3) is 0.818. The molecule has 1 aromatic heterocycles. The van der Waals surface area contributed by atoms with Crippen LogP contribution in [0, 0.1) is 11.8 Å². The molecule has 7 heteroatoms. The second-order valence-electron chi connectivity index (χ2n) is 4.93. The number of anilines is 1. The van der Waals surface area contributed by atoms with Gasteiger partial charge in [-0.15, -0.1) is 10.2 Å². The van der Waals surface area contributed by atoms with Crippen molar-refractivity contribution in [2.24, 2.45) is 11.8 Å². The molecule has 1 fully saturated rings. The van der Waals surface area contributed by atoms with Gasteiger partial charge in [0.2, 0.25) is 10.1 Å². The van der Waals surface area contributed by atoms with Gasteiger partial charge in [-0.3, -0.25) is 0 Å². The Bertz CT molecular complexity index is 404. The third-order valence-corrected chi connectivity index (χ3v) is 4.58. The van der Waals surface area contributed by atoms with Crippen molar-refractivity contribution in [3.8, 4) is 0 Å². The molecule has 1 N–H and O–H groups in total. The van der Waals surface area contributed by atoms with Gasteiger partial charge in [0.05, 0.1) is 0 Å². The number of rotatable bonds is 2. The predicted octanol–water partition coefficient (Wildman–Crippen LogP) is 3.79. The summed E-state index contributed by atoms with van der Waals surface area (Å²) in [7, 11) is 0. The van der Waals surface area contributed by atoms with Crippen LogP contribution in [0.1, 0.15) is 38.1 Å². The molecule has 0 radical (unpaired) electrons. The number of nitrogens with one attached hydrogen (secondary N) is 1. The molecule has 0 amide bonds. The summed E-state index contributed by atoms with van der Waals surface area (Å²) < 4.78 is 37.2. The van der Waals surface area contributed by atoms with E-state index in [1.165, 1.54) is 6.42 Å². The number of hydrogen-bond donors (Lipinski definition) is 1. The topological polar surface area (TPSA) is 37.8 Å². The standard InChI is InChI=1S/C11H16F3N3S/c1-6-4-3-5-8(7(6)2)15-10-17-16-9(18-10)11(12,13)14/h6-8H,3-5H2,1-2H3,(H,15,17). The number of aromatic nitrogens is 2. The zero-order valence-corrected chi connectivity index (χ0v) is 11.1. The van der Waals surface area contributed by atoms with Crippen molar-refractivity contribution in [1.29, 1.82) is 0 Å². The van der Waals surface area contributed by atoms with E-state index in [2.05, 4.69) is 29.4 Å². The first-order chi connectivity index (χ1) is 8.38. The first-order valence-corrected chi connectivity index (χ1v) is 6.87. The lowest BCUT2D eigenvalue weighted by molar-refractivity contribution is -0.138. The second-order valence-corrected chi connectivity index (χ2v) is 5.91. The molecule has 2 rings (SSSR count). The van der Waals surface area contributed by atoms with Crippen LogP contribution >= 0.6 is 11.3 Å². The van der Waals surface area contributed by atoms with Gasteiger partial charge < -0.3 is 5.32 Å². The first-order valence-electron chi connectivity index (χ1n) is 6.05. The van der Waals surface area contributed by atoms with E-state index >= 15 is 0 Å². The van der Waals surface area contributed by atoms with Crippen molar-refractivity contribution in [1.82, 2.24) is 10.2 Å². The molecule has 1 aliphatic carbocycles. The van der Waals surface area contributed by atoms with E-state index in [1.54, 1.807) is 0 Å². The lowest BCUT2D eigenvalue weighted by Crippen LogP contribution is -2.34. The van der Waals surface area contributed by atoms with E-state index in [0.29, 0.717) is 23.2 Å². The van der Waals surface area contributed by atoms with Crippen LogP contribution in [0.15, 0.2) is 0 Å². The van der Waals surface area contributed by atoms with Gasteiger partial charge in [-0.05, 0) is 18.3 Å². The first kappa shape index (κ1) is 13.6.